The van der Waals surface area contributed by atoms with Crippen molar-refractivity contribution >= 4 is 0 Å². The highest BCUT2D eigenvalue weighted by Crippen LogP contribution is 2.01. The molecule has 0 aliphatic carbocycles. The lowest BCUT2D eigenvalue weighted by Crippen LogP contribution is -2.06. The second kappa shape index (κ2) is 3.53. The summed E-state index contributed by atoms with van der Waals surface area (Å²) in [5, 5.41) is 7.44. The predicted octanol–water partition coefficient (Wildman–Crippen LogP) is 0.931. The van der Waals surface area contributed by atoms with Crippen LogP contribution in [-0.2, 0) is 13.1 Å². The van der Waals surface area contributed by atoms with Gasteiger partial charge in [-0.2, -0.15) is 5.10 Å². The van der Waals surface area contributed by atoms with Gasteiger partial charge in [-0.05, 0) is 27.0 Å². The van der Waals surface area contributed by atoms with E-state index in [0.717, 1.165) is 18.8 Å². The molecule has 0 aliphatic rings. The molecule has 0 amide bonds. The third-order valence-corrected chi connectivity index (χ3v) is 1.69. The smallest absolute Gasteiger partial charge is 0.0765 e. The second-order valence-electron chi connectivity index (χ2n) is 2.62. The average Bonchev–Trinajstić information content (AvgIpc) is 2.32. The Morgan fingerprint density at radius 1 is 1.64 bits per heavy atom. The molecule has 1 rings (SSSR count). The van der Waals surface area contributed by atoms with Crippen molar-refractivity contribution in [1.29, 1.82) is 0 Å². The fraction of sp³-hybridized carbons (Fsp3) is 0.625. The molecule has 1 aromatic rings. The van der Waals surface area contributed by atoms with Gasteiger partial charge in [0.2, 0.25) is 0 Å². The molecule has 1 heterocycles. The lowest BCUT2D eigenvalue weighted by molar-refractivity contribution is 0.622. The third-order valence-electron chi connectivity index (χ3n) is 1.69. The molecule has 11 heavy (non-hydrogen) atoms. The Hall–Kier alpha value is -0.830. The van der Waals surface area contributed by atoms with Gasteiger partial charge in [-0.3, -0.25) is 4.68 Å². The summed E-state index contributed by atoms with van der Waals surface area (Å²) in [5.74, 6) is 0. The van der Waals surface area contributed by atoms with E-state index < -0.39 is 0 Å². The Morgan fingerprint density at radius 3 is 2.82 bits per heavy atom. The van der Waals surface area contributed by atoms with E-state index in [9.17, 15) is 0 Å². The molecular weight excluding hydrogens is 138 g/mol. The zero-order chi connectivity index (χ0) is 8.27. The minimum absolute atomic E-state index is 0.855. The molecule has 0 aromatic carbocycles. The van der Waals surface area contributed by atoms with Crippen molar-refractivity contribution in [1.82, 2.24) is 15.1 Å². The molecule has 3 nitrogen and oxygen atoms in total. The van der Waals surface area contributed by atoms with Crippen LogP contribution in [0.4, 0.5) is 0 Å². The summed E-state index contributed by atoms with van der Waals surface area (Å²) < 4.78 is 2.01. The van der Waals surface area contributed by atoms with Gasteiger partial charge in [0.05, 0.1) is 5.69 Å². The minimum atomic E-state index is 0.855. The van der Waals surface area contributed by atoms with Crippen molar-refractivity contribution in [2.45, 2.75) is 26.9 Å². The van der Waals surface area contributed by atoms with Crippen LogP contribution in [0.15, 0.2) is 6.07 Å². The Balaban J connectivity index is 2.77. The van der Waals surface area contributed by atoms with Gasteiger partial charge in [-0.1, -0.05) is 0 Å². The molecule has 0 atom stereocenters. The zero-order valence-corrected chi connectivity index (χ0v) is 7.39. The van der Waals surface area contributed by atoms with Crippen LogP contribution in [0.1, 0.15) is 18.3 Å². The second-order valence-corrected chi connectivity index (χ2v) is 2.62. The molecule has 0 saturated heterocycles. The van der Waals surface area contributed by atoms with E-state index in [2.05, 4.69) is 30.3 Å². The van der Waals surface area contributed by atoms with Crippen LogP contribution in [0.5, 0.6) is 0 Å². The van der Waals surface area contributed by atoms with E-state index in [1.54, 1.807) is 0 Å². The van der Waals surface area contributed by atoms with Gasteiger partial charge in [0.15, 0.2) is 0 Å². The molecule has 0 spiro atoms. The topological polar surface area (TPSA) is 29.9 Å². The monoisotopic (exact) mass is 153 g/mol. The Morgan fingerprint density at radius 2 is 2.36 bits per heavy atom. The summed E-state index contributed by atoms with van der Waals surface area (Å²) in [5.41, 5.74) is 2.35. The lowest BCUT2D eigenvalue weighted by atomic mass is 10.4. The van der Waals surface area contributed by atoms with E-state index in [4.69, 9.17) is 0 Å². The largest absolute Gasteiger partial charge is 0.314 e. The van der Waals surface area contributed by atoms with Crippen molar-refractivity contribution in [3.05, 3.63) is 17.5 Å². The van der Waals surface area contributed by atoms with Gasteiger partial charge in [0, 0.05) is 18.8 Å². The summed E-state index contributed by atoms with van der Waals surface area (Å²) in [6, 6.07) is 2.11. The predicted molar refractivity (Wildman–Crippen MR) is 45.4 cm³/mol. The molecule has 0 saturated carbocycles. The number of hydrogen-bond donors (Lipinski definition) is 1. The molecule has 0 aliphatic heterocycles. The van der Waals surface area contributed by atoms with Crippen LogP contribution < -0.4 is 5.32 Å². The van der Waals surface area contributed by atoms with Gasteiger partial charge in [-0.25, -0.2) is 0 Å². The van der Waals surface area contributed by atoms with Crippen molar-refractivity contribution < 1.29 is 0 Å². The number of rotatable bonds is 3. The molecule has 3 heteroatoms. The number of hydrogen-bond acceptors (Lipinski definition) is 2. The van der Waals surface area contributed by atoms with Gasteiger partial charge < -0.3 is 5.32 Å². The normalized spacial score (nSPS) is 10.5. The summed E-state index contributed by atoms with van der Waals surface area (Å²) in [4.78, 5) is 0. The maximum absolute atomic E-state index is 4.37. The van der Waals surface area contributed by atoms with E-state index in [1.807, 2.05) is 11.7 Å². The Kier molecular flexibility index (Phi) is 2.65. The highest BCUT2D eigenvalue weighted by atomic mass is 15.3. The van der Waals surface area contributed by atoms with Crippen molar-refractivity contribution in [3.8, 4) is 0 Å². The van der Waals surface area contributed by atoms with Gasteiger partial charge in [0.1, 0.15) is 0 Å². The molecule has 0 bridgehead atoms. The van der Waals surface area contributed by atoms with Crippen LogP contribution in [-0.4, -0.2) is 16.8 Å². The molecule has 62 valence electrons. The van der Waals surface area contributed by atoms with E-state index in [1.165, 1.54) is 5.69 Å². The standard InChI is InChI=1S/C8H15N3/c1-4-11-7(2)5-8(10-11)6-9-3/h5,9H,4,6H2,1-3H3. The first-order valence-corrected chi connectivity index (χ1v) is 3.96. The van der Waals surface area contributed by atoms with Crippen molar-refractivity contribution in [3.63, 3.8) is 0 Å². The van der Waals surface area contributed by atoms with Gasteiger partial charge in [0.25, 0.3) is 0 Å². The van der Waals surface area contributed by atoms with Crippen LogP contribution in [0.25, 0.3) is 0 Å². The quantitative estimate of drug-likeness (QED) is 0.700. The number of aromatic nitrogens is 2. The van der Waals surface area contributed by atoms with Crippen molar-refractivity contribution in [2.75, 3.05) is 7.05 Å². The molecule has 0 fully saturated rings. The number of aryl methyl sites for hydroxylation is 2. The first kappa shape index (κ1) is 8.27. The fourth-order valence-electron chi connectivity index (χ4n) is 1.17. The molecule has 0 radical (unpaired) electrons. The third kappa shape index (κ3) is 1.80. The number of nitrogens with one attached hydrogen (secondary N) is 1. The maximum atomic E-state index is 4.37. The van der Waals surface area contributed by atoms with Crippen LogP contribution in [0, 0.1) is 6.92 Å². The first-order valence-electron chi connectivity index (χ1n) is 3.96. The average molecular weight is 153 g/mol. The van der Waals surface area contributed by atoms with Gasteiger partial charge in [-0.15, -0.1) is 0 Å². The van der Waals surface area contributed by atoms with Crippen molar-refractivity contribution in [2.24, 2.45) is 0 Å². The highest BCUT2D eigenvalue weighted by Gasteiger charge is 1.99. The van der Waals surface area contributed by atoms with Crippen LogP contribution in [0.2, 0.25) is 0 Å². The molecule has 1 aromatic heterocycles. The molecule has 0 unspecified atom stereocenters. The van der Waals surface area contributed by atoms with E-state index in [-0.39, 0.29) is 0 Å². The minimum Gasteiger partial charge on any atom is -0.314 e. The molecular formula is C8H15N3. The highest BCUT2D eigenvalue weighted by molar-refractivity contribution is 5.08. The van der Waals surface area contributed by atoms with Crippen LogP contribution in [0.3, 0.4) is 0 Å². The lowest BCUT2D eigenvalue weighted by Gasteiger charge is -1.96. The fourth-order valence-corrected chi connectivity index (χ4v) is 1.17. The summed E-state index contributed by atoms with van der Waals surface area (Å²) in [6.45, 7) is 5.99. The van der Waals surface area contributed by atoms with E-state index in [0.29, 0.717) is 0 Å². The summed E-state index contributed by atoms with van der Waals surface area (Å²) in [7, 11) is 1.93. The molecule has 1 N–H and O–H groups in total. The zero-order valence-electron chi connectivity index (χ0n) is 7.39. The SMILES string of the molecule is CCn1nc(CNC)cc1C. The summed E-state index contributed by atoms with van der Waals surface area (Å²) in [6.07, 6.45) is 0. The maximum Gasteiger partial charge on any atom is 0.0765 e. The Bertz CT molecular complexity index is 227. The summed E-state index contributed by atoms with van der Waals surface area (Å²) >= 11 is 0. The Labute approximate surface area is 67.4 Å². The first-order chi connectivity index (χ1) is 5.27. The van der Waals surface area contributed by atoms with Gasteiger partial charge >= 0.3 is 0 Å². The number of nitrogens with zero attached hydrogens (tertiary/aromatic N) is 2. The van der Waals surface area contributed by atoms with Crippen LogP contribution >= 0.6 is 0 Å². The van der Waals surface area contributed by atoms with E-state index >= 15 is 0 Å².